The summed E-state index contributed by atoms with van der Waals surface area (Å²) >= 11 is 0. The lowest BCUT2D eigenvalue weighted by Gasteiger charge is -2.34. The van der Waals surface area contributed by atoms with E-state index in [1.165, 1.54) is 18.4 Å². The van der Waals surface area contributed by atoms with Crippen LogP contribution in [0.25, 0.3) is 0 Å². The van der Waals surface area contributed by atoms with Crippen LogP contribution in [0, 0.1) is 5.92 Å². The topological polar surface area (TPSA) is 113 Å². The highest BCUT2D eigenvalue weighted by atomic mass is 15.4. The second-order valence-electron chi connectivity index (χ2n) is 9.91. The zero-order valence-corrected chi connectivity index (χ0v) is 21.4. The molecule has 2 aliphatic rings. The number of hydrogen-bond donors (Lipinski definition) is 2. The van der Waals surface area contributed by atoms with E-state index < -0.39 is 0 Å². The van der Waals surface area contributed by atoms with Gasteiger partial charge in [-0.05, 0) is 43.0 Å². The number of nitrogens with zero attached hydrogens (tertiary/aromatic N) is 9. The SMILES string of the molecule is c1ccc(Cc2cnc(N3CCN(c4ncnc(Nc5cnn(CC6CCNCC6)c5)n4)CC3)nc2)cc1. The van der Waals surface area contributed by atoms with Gasteiger partial charge in [-0.2, -0.15) is 10.1 Å². The normalized spacial score (nSPS) is 16.5. The minimum Gasteiger partial charge on any atom is -0.337 e. The largest absolute Gasteiger partial charge is 0.337 e. The van der Waals surface area contributed by atoms with E-state index in [1.807, 2.05) is 35.5 Å². The Morgan fingerprint density at radius 1 is 0.816 bits per heavy atom. The van der Waals surface area contributed by atoms with Crippen molar-refractivity contribution >= 4 is 23.5 Å². The third-order valence-electron chi connectivity index (χ3n) is 7.14. The highest BCUT2D eigenvalue weighted by molar-refractivity contribution is 5.51. The number of rotatable bonds is 8. The van der Waals surface area contributed by atoms with Gasteiger partial charge in [0.05, 0.1) is 11.9 Å². The summed E-state index contributed by atoms with van der Waals surface area (Å²) in [5.41, 5.74) is 3.25. The van der Waals surface area contributed by atoms with Gasteiger partial charge in [-0.25, -0.2) is 19.9 Å². The third kappa shape index (κ3) is 6.05. The Labute approximate surface area is 222 Å². The minimum atomic E-state index is 0.524. The molecule has 0 atom stereocenters. The standard InChI is InChI=1S/C27H33N11/c1-2-4-21(5-3-1)14-23-15-29-26(30-16-23)36-10-12-37(13-11-36)27-32-20-31-25(35-27)34-24-17-33-38(19-24)18-22-6-8-28-9-7-22/h1-5,15-17,19-20,22,28H,6-14,18H2,(H,31,32,34,35). The Kier molecular flexibility index (Phi) is 7.34. The molecule has 11 nitrogen and oxygen atoms in total. The fourth-order valence-corrected chi connectivity index (χ4v) is 5.03. The number of hydrogen-bond acceptors (Lipinski definition) is 10. The van der Waals surface area contributed by atoms with Crippen LogP contribution in [0.2, 0.25) is 0 Å². The average Bonchev–Trinajstić information content (AvgIpc) is 3.41. The van der Waals surface area contributed by atoms with Gasteiger partial charge in [-0.3, -0.25) is 4.68 Å². The predicted molar refractivity (Wildman–Crippen MR) is 147 cm³/mol. The number of anilines is 4. The van der Waals surface area contributed by atoms with Crippen LogP contribution < -0.4 is 20.4 Å². The van der Waals surface area contributed by atoms with Crippen LogP contribution in [0.4, 0.5) is 23.5 Å². The molecule has 0 bridgehead atoms. The Morgan fingerprint density at radius 3 is 2.32 bits per heavy atom. The quantitative estimate of drug-likeness (QED) is 0.366. The van der Waals surface area contributed by atoms with E-state index in [1.54, 1.807) is 6.33 Å². The Balaban J connectivity index is 1.02. The maximum atomic E-state index is 4.66. The summed E-state index contributed by atoms with van der Waals surface area (Å²) in [4.78, 5) is 27.0. The summed E-state index contributed by atoms with van der Waals surface area (Å²) in [6.45, 7) is 6.29. The van der Waals surface area contributed by atoms with Crippen molar-refractivity contribution in [3.63, 3.8) is 0 Å². The van der Waals surface area contributed by atoms with Crippen molar-refractivity contribution in [1.29, 1.82) is 0 Å². The van der Waals surface area contributed by atoms with E-state index >= 15 is 0 Å². The molecule has 0 aliphatic carbocycles. The van der Waals surface area contributed by atoms with Crippen LogP contribution in [-0.4, -0.2) is 74.0 Å². The maximum absolute atomic E-state index is 4.66. The van der Waals surface area contributed by atoms with Crippen molar-refractivity contribution < 1.29 is 0 Å². The van der Waals surface area contributed by atoms with E-state index in [0.29, 0.717) is 17.8 Å². The second kappa shape index (κ2) is 11.5. The Hall–Kier alpha value is -4.12. The first-order chi connectivity index (χ1) is 18.8. The Bertz CT molecular complexity index is 1290. The summed E-state index contributed by atoms with van der Waals surface area (Å²) in [6, 6.07) is 10.4. The lowest BCUT2D eigenvalue weighted by atomic mass is 9.98. The van der Waals surface area contributed by atoms with Gasteiger partial charge in [0.1, 0.15) is 6.33 Å². The van der Waals surface area contributed by atoms with Gasteiger partial charge in [0, 0.05) is 57.7 Å². The summed E-state index contributed by atoms with van der Waals surface area (Å²) in [6.07, 6.45) is 12.5. The molecule has 0 radical (unpaired) electrons. The fourth-order valence-electron chi connectivity index (χ4n) is 5.03. The number of aromatic nitrogens is 7. The van der Waals surface area contributed by atoms with Crippen LogP contribution in [-0.2, 0) is 13.0 Å². The lowest BCUT2D eigenvalue weighted by Crippen LogP contribution is -2.47. The number of piperazine rings is 1. The molecule has 6 rings (SSSR count). The first-order valence-electron chi connectivity index (χ1n) is 13.3. The van der Waals surface area contributed by atoms with E-state index in [9.17, 15) is 0 Å². The predicted octanol–water partition coefficient (Wildman–Crippen LogP) is 2.52. The second-order valence-corrected chi connectivity index (χ2v) is 9.91. The van der Waals surface area contributed by atoms with Crippen LogP contribution in [0.1, 0.15) is 24.0 Å². The highest BCUT2D eigenvalue weighted by Crippen LogP contribution is 2.19. The maximum Gasteiger partial charge on any atom is 0.232 e. The van der Waals surface area contributed by atoms with Crippen molar-refractivity contribution in [3.05, 3.63) is 72.6 Å². The molecule has 0 amide bonds. The first kappa shape index (κ1) is 24.2. The summed E-state index contributed by atoms with van der Waals surface area (Å²) in [5.74, 6) is 2.63. The summed E-state index contributed by atoms with van der Waals surface area (Å²) in [7, 11) is 0. The van der Waals surface area contributed by atoms with Gasteiger partial charge in [0.15, 0.2) is 0 Å². The average molecular weight is 512 g/mol. The number of piperidine rings is 1. The van der Waals surface area contributed by atoms with Crippen molar-refractivity contribution in [1.82, 2.24) is 40.0 Å². The zero-order valence-electron chi connectivity index (χ0n) is 21.4. The van der Waals surface area contributed by atoms with Gasteiger partial charge in [-0.15, -0.1) is 0 Å². The molecule has 11 heteroatoms. The van der Waals surface area contributed by atoms with Crippen molar-refractivity contribution in [2.45, 2.75) is 25.8 Å². The van der Waals surface area contributed by atoms with Crippen molar-refractivity contribution in [2.24, 2.45) is 5.92 Å². The lowest BCUT2D eigenvalue weighted by molar-refractivity contribution is 0.321. The molecule has 5 heterocycles. The number of nitrogens with one attached hydrogen (secondary N) is 2. The summed E-state index contributed by atoms with van der Waals surface area (Å²) in [5, 5.41) is 11.2. The molecule has 0 spiro atoms. The molecule has 2 N–H and O–H groups in total. The molecule has 2 saturated heterocycles. The molecule has 1 aromatic carbocycles. The third-order valence-corrected chi connectivity index (χ3v) is 7.14. The van der Waals surface area contributed by atoms with Gasteiger partial charge < -0.3 is 20.4 Å². The molecule has 38 heavy (non-hydrogen) atoms. The number of benzene rings is 1. The monoisotopic (exact) mass is 511 g/mol. The molecule has 2 fully saturated rings. The van der Waals surface area contributed by atoms with E-state index in [4.69, 9.17) is 0 Å². The van der Waals surface area contributed by atoms with E-state index in [0.717, 1.165) is 69.4 Å². The van der Waals surface area contributed by atoms with Crippen LogP contribution in [0.5, 0.6) is 0 Å². The molecule has 0 unspecified atom stereocenters. The van der Waals surface area contributed by atoms with Crippen molar-refractivity contribution in [3.8, 4) is 0 Å². The van der Waals surface area contributed by atoms with Crippen LogP contribution in [0.3, 0.4) is 0 Å². The van der Waals surface area contributed by atoms with Gasteiger partial charge >= 0.3 is 0 Å². The van der Waals surface area contributed by atoms with Gasteiger partial charge in [0.25, 0.3) is 0 Å². The molecular formula is C27H33N11. The molecule has 0 saturated carbocycles. The van der Waals surface area contributed by atoms with Crippen LogP contribution >= 0.6 is 0 Å². The van der Waals surface area contributed by atoms with Gasteiger partial charge in [0.2, 0.25) is 17.8 Å². The van der Waals surface area contributed by atoms with Gasteiger partial charge in [-0.1, -0.05) is 30.3 Å². The fraction of sp³-hybridized carbons (Fsp3) is 0.407. The minimum absolute atomic E-state index is 0.524. The molecule has 3 aromatic heterocycles. The van der Waals surface area contributed by atoms with Crippen molar-refractivity contribution in [2.75, 3.05) is 54.4 Å². The molecule has 2 aliphatic heterocycles. The molecule has 196 valence electrons. The first-order valence-corrected chi connectivity index (χ1v) is 13.3. The smallest absolute Gasteiger partial charge is 0.232 e. The van der Waals surface area contributed by atoms with E-state index in [-0.39, 0.29) is 0 Å². The van der Waals surface area contributed by atoms with E-state index in [2.05, 4.69) is 74.7 Å². The summed E-state index contributed by atoms with van der Waals surface area (Å²) < 4.78 is 2.01. The zero-order chi connectivity index (χ0) is 25.6. The van der Waals surface area contributed by atoms with Crippen LogP contribution in [0.15, 0.2) is 61.4 Å². The molecular weight excluding hydrogens is 478 g/mol. The Morgan fingerprint density at radius 2 is 1.55 bits per heavy atom. The highest BCUT2D eigenvalue weighted by Gasteiger charge is 2.21. The molecule has 4 aromatic rings.